The van der Waals surface area contributed by atoms with Crippen molar-refractivity contribution in [1.29, 1.82) is 0 Å². The van der Waals surface area contributed by atoms with Gasteiger partial charge >= 0.3 is 0 Å². The summed E-state index contributed by atoms with van der Waals surface area (Å²) >= 11 is 5.94. The van der Waals surface area contributed by atoms with Gasteiger partial charge in [-0.25, -0.2) is 8.78 Å². The molecule has 1 aromatic carbocycles. The zero-order valence-electron chi connectivity index (χ0n) is 19.9. The third kappa shape index (κ3) is 6.41. The number of nitrogens with one attached hydrogen (secondary N) is 1. The number of carbonyl (C=O) groups excluding carboxylic acids is 2. The van der Waals surface area contributed by atoms with Gasteiger partial charge in [-0.1, -0.05) is 29.8 Å². The van der Waals surface area contributed by atoms with E-state index in [9.17, 15) is 23.5 Å². The number of rotatable bonds is 6. The van der Waals surface area contributed by atoms with E-state index in [-0.39, 0.29) is 52.6 Å². The lowest BCUT2D eigenvalue weighted by Gasteiger charge is -2.33. The molecule has 0 bridgehead atoms. The maximum atomic E-state index is 13.7. The minimum Gasteiger partial charge on any atom is -0.507 e. The summed E-state index contributed by atoms with van der Waals surface area (Å²) < 4.78 is 27.4. The van der Waals surface area contributed by atoms with Gasteiger partial charge in [0.15, 0.2) is 0 Å². The van der Waals surface area contributed by atoms with Crippen LogP contribution < -0.4 is 5.32 Å². The van der Waals surface area contributed by atoms with E-state index < -0.39 is 5.92 Å². The number of aliphatic hydroxyl groups is 1. The molecule has 35 heavy (non-hydrogen) atoms. The van der Waals surface area contributed by atoms with Crippen LogP contribution in [0.3, 0.4) is 0 Å². The first kappa shape index (κ1) is 25.6. The minimum absolute atomic E-state index is 0.0262. The maximum Gasteiger partial charge on any atom is 0.270 e. The number of carbonyl (C=O) groups is 2. The molecule has 2 amide bonds. The predicted molar refractivity (Wildman–Crippen MR) is 130 cm³/mol. The molecule has 0 aromatic heterocycles. The molecule has 9 heteroatoms. The summed E-state index contributed by atoms with van der Waals surface area (Å²) in [6.45, 7) is 3.59. The van der Waals surface area contributed by atoms with Crippen LogP contribution in [0.4, 0.5) is 8.78 Å². The molecule has 2 heterocycles. The number of allylic oxidation sites excluding steroid dienone is 1. The van der Waals surface area contributed by atoms with Gasteiger partial charge in [-0.05, 0) is 61.9 Å². The van der Waals surface area contributed by atoms with Crippen LogP contribution in [0.5, 0.6) is 0 Å². The molecule has 1 aliphatic carbocycles. The zero-order valence-corrected chi connectivity index (χ0v) is 20.6. The summed E-state index contributed by atoms with van der Waals surface area (Å²) in [5.74, 6) is -2.88. The Morgan fingerprint density at radius 1 is 1.20 bits per heavy atom. The Morgan fingerprint density at radius 2 is 1.94 bits per heavy atom. The lowest BCUT2D eigenvalue weighted by Crippen LogP contribution is -2.44. The molecule has 190 valence electrons. The lowest BCUT2D eigenvalue weighted by atomic mass is 9.88. The highest BCUT2D eigenvalue weighted by Crippen LogP contribution is 2.33. The van der Waals surface area contributed by atoms with Crippen LogP contribution in [0.2, 0.25) is 0 Å². The molecule has 0 saturated carbocycles. The Labute approximate surface area is 209 Å². The standard InChI is InChI=1S/C26H32ClF2N3O3/c1-26(28,29)20-4-2-3-18(13-20)17-8-11-32(12-9-17)24(34)16-31-10-7-19(15-31)25(35)30-21-5-6-23(33)22(27)14-21/h2-4,6,13-14,17,19,21,33H,5,7-12,15-16H2,1H3,(H,30,35). The molecule has 4 rings (SSSR count). The van der Waals surface area contributed by atoms with Gasteiger partial charge in [-0.15, -0.1) is 0 Å². The second-order valence-electron chi connectivity index (χ2n) is 9.84. The number of halogens is 3. The number of piperidine rings is 1. The first-order valence-electron chi connectivity index (χ1n) is 12.2. The third-order valence-electron chi connectivity index (χ3n) is 7.20. The quantitative estimate of drug-likeness (QED) is 0.603. The second-order valence-corrected chi connectivity index (χ2v) is 10.3. The van der Waals surface area contributed by atoms with Crippen molar-refractivity contribution >= 4 is 23.4 Å². The van der Waals surface area contributed by atoms with Crippen LogP contribution in [-0.4, -0.2) is 65.5 Å². The van der Waals surface area contributed by atoms with Crippen molar-refractivity contribution in [3.63, 3.8) is 0 Å². The third-order valence-corrected chi connectivity index (χ3v) is 7.52. The van der Waals surface area contributed by atoms with Gasteiger partial charge < -0.3 is 15.3 Å². The average Bonchev–Trinajstić information content (AvgIpc) is 3.30. The van der Waals surface area contributed by atoms with Crippen LogP contribution >= 0.6 is 11.6 Å². The number of amides is 2. The predicted octanol–water partition coefficient (Wildman–Crippen LogP) is 4.28. The normalized spacial score (nSPS) is 24.2. The van der Waals surface area contributed by atoms with E-state index >= 15 is 0 Å². The Kier molecular flexibility index (Phi) is 7.81. The van der Waals surface area contributed by atoms with Crippen LogP contribution in [0.1, 0.15) is 49.7 Å². The van der Waals surface area contributed by atoms with Crippen molar-refractivity contribution in [2.45, 2.75) is 50.5 Å². The monoisotopic (exact) mass is 507 g/mol. The molecule has 2 unspecified atom stereocenters. The fraction of sp³-hybridized carbons (Fsp3) is 0.538. The highest BCUT2D eigenvalue weighted by molar-refractivity contribution is 6.31. The number of likely N-dealkylation sites (tertiary alicyclic amines) is 2. The Balaban J connectivity index is 1.22. The molecule has 2 N–H and O–H groups in total. The van der Waals surface area contributed by atoms with Crippen molar-refractivity contribution in [2.24, 2.45) is 5.92 Å². The van der Waals surface area contributed by atoms with Gasteiger partial charge in [-0.2, -0.15) is 0 Å². The summed E-state index contributed by atoms with van der Waals surface area (Å²) in [6.07, 6.45) is 5.90. The maximum absolute atomic E-state index is 13.7. The first-order chi connectivity index (χ1) is 16.6. The highest BCUT2D eigenvalue weighted by atomic mass is 35.5. The lowest BCUT2D eigenvalue weighted by molar-refractivity contribution is -0.133. The van der Waals surface area contributed by atoms with E-state index in [2.05, 4.69) is 5.32 Å². The second kappa shape index (κ2) is 10.7. The smallest absolute Gasteiger partial charge is 0.270 e. The summed E-state index contributed by atoms with van der Waals surface area (Å²) in [7, 11) is 0. The average molecular weight is 508 g/mol. The summed E-state index contributed by atoms with van der Waals surface area (Å²) in [5.41, 5.74) is 0.933. The number of benzene rings is 1. The molecule has 0 radical (unpaired) electrons. The number of hydrogen-bond donors (Lipinski definition) is 2. The fourth-order valence-corrected chi connectivity index (χ4v) is 5.31. The summed E-state index contributed by atoms with van der Waals surface area (Å²) in [4.78, 5) is 29.4. The van der Waals surface area contributed by atoms with E-state index in [1.165, 1.54) is 6.07 Å². The van der Waals surface area contributed by atoms with Gasteiger partial charge in [0.2, 0.25) is 11.8 Å². The van der Waals surface area contributed by atoms with Crippen molar-refractivity contribution < 1.29 is 23.5 Å². The Bertz CT molecular complexity index is 1020. The molecule has 3 aliphatic rings. The molecule has 6 nitrogen and oxygen atoms in total. The van der Waals surface area contributed by atoms with Crippen LogP contribution in [0.25, 0.3) is 0 Å². The molecular weight excluding hydrogens is 476 g/mol. The Hall–Kier alpha value is -2.45. The number of nitrogens with zero attached hydrogens (tertiary/aromatic N) is 2. The molecule has 0 spiro atoms. The van der Waals surface area contributed by atoms with E-state index in [1.54, 1.807) is 24.3 Å². The zero-order chi connectivity index (χ0) is 25.2. The van der Waals surface area contributed by atoms with Crippen LogP contribution in [-0.2, 0) is 15.5 Å². The SMILES string of the molecule is CC(F)(F)c1cccc(C2CCN(C(=O)CN3CCC(C(=O)NC4C=C(Cl)C(O)=CC4)C3)CC2)c1. The summed E-state index contributed by atoms with van der Waals surface area (Å²) in [6, 6.07) is 6.37. The molecule has 2 aliphatic heterocycles. The van der Waals surface area contributed by atoms with Gasteiger partial charge in [-0.3, -0.25) is 14.5 Å². The number of alkyl halides is 2. The van der Waals surface area contributed by atoms with Crippen molar-refractivity contribution in [2.75, 3.05) is 32.7 Å². The largest absolute Gasteiger partial charge is 0.507 e. The van der Waals surface area contributed by atoms with Gasteiger partial charge in [0.25, 0.3) is 5.92 Å². The van der Waals surface area contributed by atoms with Crippen molar-refractivity contribution in [3.05, 3.63) is 58.3 Å². The summed E-state index contributed by atoms with van der Waals surface area (Å²) in [5, 5.41) is 12.8. The van der Waals surface area contributed by atoms with Crippen molar-refractivity contribution in [1.82, 2.24) is 15.1 Å². The van der Waals surface area contributed by atoms with Gasteiger partial charge in [0.1, 0.15) is 5.76 Å². The van der Waals surface area contributed by atoms with E-state index in [0.717, 1.165) is 25.3 Å². The van der Waals surface area contributed by atoms with Crippen LogP contribution in [0, 0.1) is 5.92 Å². The van der Waals surface area contributed by atoms with E-state index in [4.69, 9.17) is 11.6 Å². The minimum atomic E-state index is -2.86. The molecule has 2 saturated heterocycles. The molecule has 2 atom stereocenters. The van der Waals surface area contributed by atoms with Gasteiger partial charge in [0.05, 0.1) is 23.5 Å². The van der Waals surface area contributed by atoms with Gasteiger partial charge in [0, 0.05) is 32.1 Å². The van der Waals surface area contributed by atoms with E-state index in [0.29, 0.717) is 39.0 Å². The fourth-order valence-electron chi connectivity index (χ4n) is 5.08. The first-order valence-corrected chi connectivity index (χ1v) is 12.5. The topological polar surface area (TPSA) is 72.9 Å². The van der Waals surface area contributed by atoms with Crippen LogP contribution in [0.15, 0.2) is 47.2 Å². The molecule has 2 fully saturated rings. The molecular formula is C26H32ClF2N3O3. The molecule has 1 aromatic rings. The number of hydrogen-bond acceptors (Lipinski definition) is 4. The Morgan fingerprint density at radius 3 is 2.63 bits per heavy atom. The van der Waals surface area contributed by atoms with Crippen molar-refractivity contribution in [3.8, 4) is 0 Å². The highest BCUT2D eigenvalue weighted by Gasteiger charge is 2.32. The number of aliphatic hydroxyl groups excluding tert-OH is 1. The van der Waals surface area contributed by atoms with E-state index in [1.807, 2.05) is 15.9 Å².